The molecule has 0 unspecified atom stereocenters. The Morgan fingerprint density at radius 1 is 1.40 bits per heavy atom. The first-order valence-corrected chi connectivity index (χ1v) is 4.87. The topological polar surface area (TPSA) is 54.4 Å². The van der Waals surface area contributed by atoms with Gasteiger partial charge in [0.1, 0.15) is 0 Å². The number of rotatable bonds is 4. The molecule has 0 aliphatic carbocycles. The van der Waals surface area contributed by atoms with Crippen molar-refractivity contribution in [2.75, 3.05) is 11.6 Å². The third-order valence-electron chi connectivity index (χ3n) is 0.798. The summed E-state index contributed by atoms with van der Waals surface area (Å²) in [5, 5.41) is 0. The molecule has 0 heterocycles. The molecule has 0 aliphatic heterocycles. The molecule has 60 valence electrons. The van der Waals surface area contributed by atoms with Crippen LogP contribution < -0.4 is 0 Å². The highest BCUT2D eigenvalue weighted by Gasteiger charge is 1.99. The molecule has 0 amide bonds. The molecule has 5 heteroatoms. The first-order valence-electron chi connectivity index (χ1n) is 2.72. The van der Waals surface area contributed by atoms with Crippen LogP contribution in [-0.4, -0.2) is 24.6 Å². The number of hydrogen-bond donors (Lipinski definition) is 1. The molecule has 0 rings (SSSR count). The normalized spacial score (nSPS) is 12.6. The average Bonchev–Trinajstić information content (AvgIpc) is 1.78. The third-order valence-corrected chi connectivity index (χ3v) is 1.73. The van der Waals surface area contributed by atoms with Crippen LogP contribution in [0.15, 0.2) is 12.2 Å². The zero-order valence-corrected chi connectivity index (χ0v) is 6.90. The van der Waals surface area contributed by atoms with Gasteiger partial charge in [0, 0.05) is 5.88 Å². The fourth-order valence-electron chi connectivity index (χ4n) is 0.398. The molecule has 0 aromatic heterocycles. The summed E-state index contributed by atoms with van der Waals surface area (Å²) >= 11 is 5.25. The van der Waals surface area contributed by atoms with Gasteiger partial charge in [-0.1, -0.05) is 12.2 Å². The lowest BCUT2D eigenvalue weighted by molar-refractivity contribution is 0.483. The molecular weight excluding hydrogens is 176 g/mol. The van der Waals surface area contributed by atoms with E-state index in [0.29, 0.717) is 12.3 Å². The highest BCUT2D eigenvalue weighted by molar-refractivity contribution is 7.85. The molecule has 0 aromatic rings. The Bertz CT molecular complexity index is 195. The fourth-order valence-corrected chi connectivity index (χ4v) is 0.958. The van der Waals surface area contributed by atoms with Gasteiger partial charge in [0.05, 0.1) is 5.75 Å². The lowest BCUT2D eigenvalue weighted by atomic mass is 10.4. The maximum Gasteiger partial charge on any atom is 0.265 e. The van der Waals surface area contributed by atoms with E-state index in [-0.39, 0.29) is 5.75 Å². The molecule has 3 nitrogen and oxygen atoms in total. The van der Waals surface area contributed by atoms with Crippen molar-refractivity contribution in [2.45, 2.75) is 6.42 Å². The number of hydrogen-bond acceptors (Lipinski definition) is 2. The quantitative estimate of drug-likeness (QED) is 0.404. The van der Waals surface area contributed by atoms with Crippen LogP contribution in [0, 0.1) is 0 Å². The first-order chi connectivity index (χ1) is 4.56. The molecule has 0 saturated heterocycles. The monoisotopic (exact) mass is 184 g/mol. The average molecular weight is 185 g/mol. The van der Waals surface area contributed by atoms with E-state index in [1.54, 1.807) is 12.2 Å². The zero-order valence-electron chi connectivity index (χ0n) is 5.33. The van der Waals surface area contributed by atoms with E-state index in [1.807, 2.05) is 0 Å². The molecule has 0 fully saturated rings. The summed E-state index contributed by atoms with van der Waals surface area (Å²) in [7, 11) is -3.80. The van der Waals surface area contributed by atoms with Crippen LogP contribution in [0.3, 0.4) is 0 Å². The first kappa shape index (κ1) is 9.94. The molecule has 1 N–H and O–H groups in total. The summed E-state index contributed by atoms with van der Waals surface area (Å²) in [6, 6.07) is 0. The van der Waals surface area contributed by atoms with Gasteiger partial charge in [-0.2, -0.15) is 8.42 Å². The highest BCUT2D eigenvalue weighted by atomic mass is 35.5. The summed E-state index contributed by atoms with van der Waals surface area (Å²) in [4.78, 5) is 0. The van der Waals surface area contributed by atoms with Crippen molar-refractivity contribution in [1.82, 2.24) is 0 Å². The number of alkyl halides is 1. The number of halogens is 1. The molecule has 0 radical (unpaired) electrons. The zero-order chi connectivity index (χ0) is 8.04. The Balaban J connectivity index is 3.48. The molecule has 10 heavy (non-hydrogen) atoms. The molecule has 0 atom stereocenters. The largest absolute Gasteiger partial charge is 0.286 e. The van der Waals surface area contributed by atoms with Gasteiger partial charge < -0.3 is 0 Å². The van der Waals surface area contributed by atoms with Crippen LogP contribution in [-0.2, 0) is 10.1 Å². The van der Waals surface area contributed by atoms with Crippen LogP contribution in [0.4, 0.5) is 0 Å². The van der Waals surface area contributed by atoms with Gasteiger partial charge in [0.2, 0.25) is 0 Å². The Kier molecular flexibility index (Phi) is 4.68. The van der Waals surface area contributed by atoms with Gasteiger partial charge in [-0.05, 0) is 6.42 Å². The highest BCUT2D eigenvalue weighted by Crippen LogP contribution is 1.90. The molecular formula is C5H9ClO3S. The second-order valence-electron chi connectivity index (χ2n) is 1.70. The van der Waals surface area contributed by atoms with E-state index in [0.717, 1.165) is 0 Å². The Morgan fingerprint density at radius 2 is 2.00 bits per heavy atom. The van der Waals surface area contributed by atoms with Crippen molar-refractivity contribution < 1.29 is 13.0 Å². The van der Waals surface area contributed by atoms with Gasteiger partial charge >= 0.3 is 0 Å². The minimum absolute atomic E-state index is 0.236. The van der Waals surface area contributed by atoms with Crippen molar-refractivity contribution in [3.63, 3.8) is 0 Å². The van der Waals surface area contributed by atoms with Crippen molar-refractivity contribution in [1.29, 1.82) is 0 Å². The van der Waals surface area contributed by atoms with Crippen LogP contribution in [0.5, 0.6) is 0 Å². The SMILES string of the molecule is O=S(=O)(O)CCC=CCCl. The predicted octanol–water partition coefficient (Wildman–Crippen LogP) is 1.06. The van der Waals surface area contributed by atoms with Gasteiger partial charge in [-0.25, -0.2) is 0 Å². The summed E-state index contributed by atoms with van der Waals surface area (Å²) in [6.07, 6.45) is 3.55. The fraction of sp³-hybridized carbons (Fsp3) is 0.600. The summed E-state index contributed by atoms with van der Waals surface area (Å²) in [5.74, 6) is 0.131. The Hall–Kier alpha value is -0.0600. The van der Waals surface area contributed by atoms with Gasteiger partial charge in [0.15, 0.2) is 0 Å². The Labute approximate surface area is 65.4 Å². The molecule has 0 aliphatic rings. The summed E-state index contributed by atoms with van der Waals surface area (Å²) < 4.78 is 28.4. The summed E-state index contributed by atoms with van der Waals surface area (Å²) in [6.45, 7) is 0. The van der Waals surface area contributed by atoms with Gasteiger partial charge in [0.25, 0.3) is 10.1 Å². The van der Waals surface area contributed by atoms with Crippen molar-refractivity contribution in [3.8, 4) is 0 Å². The molecule has 0 bridgehead atoms. The van der Waals surface area contributed by atoms with E-state index < -0.39 is 10.1 Å². The second-order valence-corrected chi connectivity index (χ2v) is 3.58. The van der Waals surface area contributed by atoms with E-state index in [4.69, 9.17) is 16.2 Å². The van der Waals surface area contributed by atoms with Crippen LogP contribution in [0.25, 0.3) is 0 Å². The van der Waals surface area contributed by atoms with Crippen LogP contribution >= 0.6 is 11.6 Å². The van der Waals surface area contributed by atoms with Crippen LogP contribution in [0.2, 0.25) is 0 Å². The van der Waals surface area contributed by atoms with Gasteiger partial charge in [-0.3, -0.25) is 4.55 Å². The van der Waals surface area contributed by atoms with E-state index >= 15 is 0 Å². The third kappa shape index (κ3) is 7.94. The molecule has 0 aromatic carbocycles. The standard InChI is InChI=1S/C5H9ClO3S/c6-4-2-1-3-5-10(7,8)9/h1-2H,3-5H2,(H,7,8,9). The maximum absolute atomic E-state index is 10.1. The van der Waals surface area contributed by atoms with Crippen molar-refractivity contribution in [3.05, 3.63) is 12.2 Å². The van der Waals surface area contributed by atoms with E-state index in [2.05, 4.69) is 0 Å². The smallest absolute Gasteiger partial charge is 0.265 e. The van der Waals surface area contributed by atoms with Crippen molar-refractivity contribution in [2.24, 2.45) is 0 Å². The maximum atomic E-state index is 10.1. The van der Waals surface area contributed by atoms with Crippen molar-refractivity contribution >= 4 is 21.7 Å². The van der Waals surface area contributed by atoms with Gasteiger partial charge in [-0.15, -0.1) is 11.6 Å². The molecule has 0 spiro atoms. The van der Waals surface area contributed by atoms with E-state index in [9.17, 15) is 8.42 Å². The molecule has 0 saturated carbocycles. The summed E-state index contributed by atoms with van der Waals surface area (Å²) in [5.41, 5.74) is 0. The number of allylic oxidation sites excluding steroid dienone is 2. The minimum Gasteiger partial charge on any atom is -0.286 e. The lowest BCUT2D eigenvalue weighted by Gasteiger charge is -1.88. The lowest BCUT2D eigenvalue weighted by Crippen LogP contribution is -2.01. The van der Waals surface area contributed by atoms with E-state index in [1.165, 1.54) is 0 Å². The Morgan fingerprint density at radius 3 is 2.40 bits per heavy atom. The van der Waals surface area contributed by atoms with Crippen LogP contribution in [0.1, 0.15) is 6.42 Å². The predicted molar refractivity (Wildman–Crippen MR) is 40.9 cm³/mol. The minimum atomic E-state index is -3.80. The second kappa shape index (κ2) is 4.71.